The van der Waals surface area contributed by atoms with E-state index in [9.17, 15) is 24.8 Å². The molecule has 0 bridgehead atoms. The Morgan fingerprint density at radius 2 is 1.89 bits per heavy atom. The van der Waals surface area contributed by atoms with E-state index in [4.69, 9.17) is 4.74 Å². The number of Topliss-reactive ketones (excluding diaryl/α,β-unsaturated/α-hetero) is 1. The van der Waals surface area contributed by atoms with Crippen molar-refractivity contribution < 1.29 is 24.4 Å². The molecule has 1 aromatic heterocycles. The maximum absolute atomic E-state index is 13.1. The molecule has 0 aliphatic heterocycles. The maximum atomic E-state index is 13.1. The van der Waals surface area contributed by atoms with Gasteiger partial charge >= 0.3 is 11.8 Å². The van der Waals surface area contributed by atoms with Gasteiger partial charge < -0.3 is 20.0 Å². The van der Waals surface area contributed by atoms with Gasteiger partial charge in [-0.1, -0.05) is 30.3 Å². The molecule has 0 unspecified atom stereocenters. The fourth-order valence-corrected chi connectivity index (χ4v) is 2.65. The van der Waals surface area contributed by atoms with Crippen LogP contribution in [-0.2, 0) is 16.1 Å². The van der Waals surface area contributed by atoms with E-state index >= 15 is 0 Å². The number of esters is 1. The molecule has 0 saturated carbocycles. The number of rotatable bonds is 7. The maximum Gasteiger partial charge on any atom is 0.393 e. The van der Waals surface area contributed by atoms with Crippen LogP contribution < -0.4 is 0 Å². The lowest BCUT2D eigenvalue weighted by molar-refractivity contribution is -0.389. The fraction of sp³-hybridized carbons (Fsp3) is 0.278. The molecular weight excluding hydrogens is 354 g/mol. The summed E-state index contributed by atoms with van der Waals surface area (Å²) in [4.78, 5) is 39.9. The summed E-state index contributed by atoms with van der Waals surface area (Å²) in [6.07, 6.45) is 0. The molecule has 0 spiro atoms. The molecule has 0 saturated heterocycles. The van der Waals surface area contributed by atoms with Gasteiger partial charge in [0.05, 0.1) is 6.61 Å². The molecule has 2 aromatic rings. The van der Waals surface area contributed by atoms with Gasteiger partial charge in [-0.15, -0.1) is 0 Å². The second kappa shape index (κ2) is 8.26. The molecule has 0 aliphatic carbocycles. The topological polar surface area (TPSA) is 125 Å². The molecule has 0 aliphatic rings. The average Bonchev–Trinajstić information content (AvgIpc) is 2.99. The van der Waals surface area contributed by atoms with Crippen molar-refractivity contribution in [3.63, 3.8) is 0 Å². The number of aliphatic hydroxyl groups excluding tert-OH is 1. The zero-order chi connectivity index (χ0) is 20.1. The van der Waals surface area contributed by atoms with Crippen molar-refractivity contribution in [2.24, 2.45) is 0 Å². The van der Waals surface area contributed by atoms with E-state index in [-0.39, 0.29) is 30.2 Å². The molecule has 0 atom stereocenters. The van der Waals surface area contributed by atoms with Crippen LogP contribution in [0.3, 0.4) is 0 Å². The summed E-state index contributed by atoms with van der Waals surface area (Å²) >= 11 is 0. The Labute approximate surface area is 155 Å². The number of hydrogen-bond donors (Lipinski definition) is 1. The smallest absolute Gasteiger partial charge is 0.393 e. The zero-order valence-corrected chi connectivity index (χ0v) is 15.1. The minimum Gasteiger partial charge on any atom is -0.506 e. The first kappa shape index (κ1) is 19.8. The van der Waals surface area contributed by atoms with Crippen molar-refractivity contribution >= 4 is 23.3 Å². The second-order valence-electron chi connectivity index (χ2n) is 5.47. The average molecular weight is 373 g/mol. The van der Waals surface area contributed by atoms with Gasteiger partial charge in [0.1, 0.15) is 5.76 Å². The Balaban J connectivity index is 2.74. The molecule has 1 aromatic carbocycles. The minimum absolute atomic E-state index is 0.0359. The monoisotopic (exact) mass is 373 g/mol. The third-order valence-electron chi connectivity index (χ3n) is 3.83. The Morgan fingerprint density at radius 3 is 2.41 bits per heavy atom. The van der Waals surface area contributed by atoms with Crippen molar-refractivity contribution in [2.75, 3.05) is 6.61 Å². The molecule has 0 amide bonds. The third kappa shape index (κ3) is 3.86. The van der Waals surface area contributed by atoms with Crippen LogP contribution in [0.25, 0.3) is 5.76 Å². The lowest BCUT2D eigenvalue weighted by Gasteiger charge is -2.11. The Kier molecular flexibility index (Phi) is 6.07. The third-order valence-corrected chi connectivity index (χ3v) is 3.83. The van der Waals surface area contributed by atoms with Crippen LogP contribution in [0, 0.1) is 17.0 Å². The van der Waals surface area contributed by atoms with Crippen molar-refractivity contribution in [3.8, 4) is 0 Å². The first-order valence-electron chi connectivity index (χ1n) is 8.25. The largest absolute Gasteiger partial charge is 0.506 e. The molecular formula is C18H19N3O6. The number of benzene rings is 1. The number of ketones is 1. The number of carbonyl (C=O) groups excluding carboxylic acids is 2. The first-order valence-corrected chi connectivity index (χ1v) is 8.25. The number of ether oxygens (including phenoxy) is 1. The van der Waals surface area contributed by atoms with Gasteiger partial charge in [-0.25, -0.2) is 4.79 Å². The van der Waals surface area contributed by atoms with E-state index in [0.717, 1.165) is 0 Å². The molecule has 9 nitrogen and oxygen atoms in total. The summed E-state index contributed by atoms with van der Waals surface area (Å²) < 4.78 is 6.21. The number of hydrogen-bond acceptors (Lipinski definition) is 7. The van der Waals surface area contributed by atoms with Crippen LogP contribution in [0.4, 0.5) is 5.82 Å². The van der Waals surface area contributed by atoms with Crippen LogP contribution in [0.5, 0.6) is 0 Å². The fourth-order valence-electron chi connectivity index (χ4n) is 2.65. The van der Waals surface area contributed by atoms with Crippen molar-refractivity contribution in [2.45, 2.75) is 27.3 Å². The highest BCUT2D eigenvalue weighted by molar-refractivity contribution is 6.28. The van der Waals surface area contributed by atoms with Crippen molar-refractivity contribution in [3.05, 3.63) is 63.1 Å². The number of imidazole rings is 1. The second-order valence-corrected chi connectivity index (χ2v) is 5.47. The van der Waals surface area contributed by atoms with Crippen molar-refractivity contribution in [1.82, 2.24) is 9.55 Å². The number of nitro groups is 1. The number of aromatic nitrogens is 2. The minimum atomic E-state index is -1.07. The summed E-state index contributed by atoms with van der Waals surface area (Å²) in [6.45, 7) is 4.92. The predicted molar refractivity (Wildman–Crippen MR) is 96.2 cm³/mol. The van der Waals surface area contributed by atoms with Gasteiger partial charge in [-0.3, -0.25) is 9.36 Å². The van der Waals surface area contributed by atoms with E-state index < -0.39 is 33.8 Å². The Morgan fingerprint density at radius 1 is 1.26 bits per heavy atom. The standard InChI is InChI=1S/C18H19N3O6/c1-4-20-11(3)19-17(21(25)26)14(20)16(23)13(18(24)27-5-2)15(22)12-9-7-6-8-10-12/h6-10,22H,4-5H2,1-3H3/b15-13-. The molecule has 27 heavy (non-hydrogen) atoms. The van der Waals surface area contributed by atoms with E-state index in [0.29, 0.717) is 0 Å². The molecule has 0 radical (unpaired) electrons. The Hall–Kier alpha value is -3.49. The van der Waals surface area contributed by atoms with Gasteiger partial charge in [-0.05, 0) is 23.8 Å². The summed E-state index contributed by atoms with van der Waals surface area (Å²) in [7, 11) is 0. The lowest BCUT2D eigenvalue weighted by atomic mass is 10.0. The van der Waals surface area contributed by atoms with Gasteiger partial charge in [0.2, 0.25) is 11.6 Å². The number of carbonyl (C=O) groups is 2. The highest BCUT2D eigenvalue weighted by Crippen LogP contribution is 2.26. The number of aliphatic hydroxyl groups is 1. The summed E-state index contributed by atoms with van der Waals surface area (Å²) in [6, 6.07) is 7.92. The highest BCUT2D eigenvalue weighted by atomic mass is 16.6. The Bertz CT molecular complexity index is 915. The van der Waals surface area contributed by atoms with Gasteiger partial charge in [0, 0.05) is 19.0 Å². The molecule has 2 rings (SSSR count). The quantitative estimate of drug-likeness (QED) is 0.116. The van der Waals surface area contributed by atoms with E-state index in [2.05, 4.69) is 4.98 Å². The SMILES string of the molecule is CCOC(=O)/C(C(=O)c1c([N+](=O)[O-])nc(C)n1CC)=C(\O)c1ccccc1. The molecule has 142 valence electrons. The highest BCUT2D eigenvalue weighted by Gasteiger charge is 2.36. The van der Waals surface area contributed by atoms with Gasteiger partial charge in [0.15, 0.2) is 11.3 Å². The molecule has 1 heterocycles. The molecule has 0 fully saturated rings. The van der Waals surface area contributed by atoms with Crippen molar-refractivity contribution in [1.29, 1.82) is 0 Å². The number of aryl methyl sites for hydroxylation is 1. The van der Waals surface area contributed by atoms with E-state index in [1.807, 2.05) is 0 Å². The summed E-state index contributed by atoms with van der Waals surface area (Å²) in [5.74, 6) is -3.14. The lowest BCUT2D eigenvalue weighted by Crippen LogP contribution is -2.22. The van der Waals surface area contributed by atoms with Gasteiger partial charge in [0.25, 0.3) is 0 Å². The number of nitrogens with zero attached hydrogens (tertiary/aromatic N) is 3. The van der Waals surface area contributed by atoms with Crippen LogP contribution in [0.2, 0.25) is 0 Å². The summed E-state index contributed by atoms with van der Waals surface area (Å²) in [5.41, 5.74) is -0.859. The van der Waals surface area contributed by atoms with Crippen LogP contribution in [-0.4, -0.2) is 37.9 Å². The molecule has 1 N–H and O–H groups in total. The van der Waals surface area contributed by atoms with Gasteiger partial charge in [-0.2, -0.15) is 0 Å². The molecule has 9 heteroatoms. The van der Waals surface area contributed by atoms with Crippen LogP contribution in [0.15, 0.2) is 35.9 Å². The van der Waals surface area contributed by atoms with E-state index in [1.54, 1.807) is 32.0 Å². The zero-order valence-electron chi connectivity index (χ0n) is 15.1. The summed E-state index contributed by atoms with van der Waals surface area (Å²) in [5, 5.41) is 21.9. The van der Waals surface area contributed by atoms with Crippen LogP contribution >= 0.6 is 0 Å². The predicted octanol–water partition coefficient (Wildman–Crippen LogP) is 2.83. The first-order chi connectivity index (χ1) is 12.8. The van der Waals surface area contributed by atoms with E-state index in [1.165, 1.54) is 23.6 Å². The van der Waals surface area contributed by atoms with Crippen LogP contribution in [0.1, 0.15) is 35.7 Å². The normalized spacial score (nSPS) is 11.7.